The first-order valence-electron chi connectivity index (χ1n) is 36.6. The number of carbonyl (C=O) groups is 10. The van der Waals surface area contributed by atoms with E-state index in [9.17, 15) is 83.7 Å². The van der Waals surface area contributed by atoms with Crippen molar-refractivity contribution in [2.24, 2.45) is 0 Å². The smallest absolute Gasteiger partial charge is 0.326 e. The number of benzene rings is 1. The molecule has 1 aromatic carbocycles. The summed E-state index contributed by atoms with van der Waals surface area (Å²) in [5, 5.41) is 86.8. The summed E-state index contributed by atoms with van der Waals surface area (Å²) in [6.07, 6.45) is 18.0. The number of rotatable bonds is 49. The number of aromatic nitrogens is 7. The molecule has 0 saturated carbocycles. The molecule has 2 saturated heterocycles. The van der Waals surface area contributed by atoms with Gasteiger partial charge < -0.3 is 81.1 Å². The fourth-order valence-electron chi connectivity index (χ4n) is 12.9. The minimum absolute atomic E-state index is 0.0374. The van der Waals surface area contributed by atoms with Crippen molar-refractivity contribution in [3.8, 4) is 0 Å². The zero-order valence-corrected chi connectivity index (χ0v) is 60.8. The van der Waals surface area contributed by atoms with Crippen LogP contribution in [0.25, 0.3) is 0 Å². The zero-order valence-electron chi connectivity index (χ0n) is 60.8. The molecule has 36 nitrogen and oxygen atoms in total. The van der Waals surface area contributed by atoms with Gasteiger partial charge in [0.2, 0.25) is 17.8 Å². The van der Waals surface area contributed by atoms with E-state index >= 15 is 0 Å². The van der Waals surface area contributed by atoms with Gasteiger partial charge in [-0.2, -0.15) is 15.0 Å². The average Bonchev–Trinajstić information content (AvgIpc) is 0.881. The molecule has 36 heteroatoms. The molecule has 2 aliphatic heterocycles. The Hall–Kier alpha value is -9.49. The van der Waals surface area contributed by atoms with Gasteiger partial charge in [-0.3, -0.25) is 58.1 Å². The first-order chi connectivity index (χ1) is 50.8. The summed E-state index contributed by atoms with van der Waals surface area (Å²) in [5.41, 5.74) is 1.90. The van der Waals surface area contributed by atoms with E-state index < -0.39 is 72.3 Å². The van der Waals surface area contributed by atoms with Crippen molar-refractivity contribution in [2.45, 2.75) is 166 Å². The largest absolute Gasteiger partial charge is 0.481 e. The van der Waals surface area contributed by atoms with E-state index in [1.165, 1.54) is 0 Å². The van der Waals surface area contributed by atoms with Gasteiger partial charge in [0.1, 0.15) is 42.6 Å². The third kappa shape index (κ3) is 33.7. The SMILES string of the molecule is CN1CCN(CC(=O)O)CCN(CC(=O)O)CCN(CC(=O)O)C(Cc2ccc(Cc3nc(NCCCCCN(Cc4nccn4CC(=O)O)Cc4nccn4CC(=O)O)nc(N4CCN(CCCCCCCCCCC(=O)NCCCC[C@H](NC(=O)N[C@@H](CCC(=O)O)C(=O)O)C(=O)O)CC4)n3)cc2)C1. The molecule has 6 rings (SSSR count). The fourth-order valence-corrected chi connectivity index (χ4v) is 12.9. The Kier molecular flexibility index (Phi) is 37.4. The van der Waals surface area contributed by atoms with Crippen molar-refractivity contribution in [1.29, 1.82) is 0 Å². The lowest BCUT2D eigenvalue weighted by molar-refractivity contribution is -0.141. The Bertz CT molecular complexity index is 3370. The molecular weight excluding hydrogens is 1380 g/mol. The van der Waals surface area contributed by atoms with Gasteiger partial charge in [0.15, 0.2) is 0 Å². The van der Waals surface area contributed by atoms with Crippen molar-refractivity contribution < 1.29 is 88.8 Å². The van der Waals surface area contributed by atoms with E-state index in [1.807, 2.05) is 36.2 Å². The third-order valence-electron chi connectivity index (χ3n) is 18.6. The second-order valence-electron chi connectivity index (χ2n) is 27.2. The highest BCUT2D eigenvalue weighted by atomic mass is 16.4. The molecular formula is C70H108N18O18. The molecule has 2 aliphatic rings. The maximum Gasteiger partial charge on any atom is 0.326 e. The van der Waals surface area contributed by atoms with Gasteiger partial charge in [0, 0.05) is 135 Å². The van der Waals surface area contributed by atoms with Crippen LogP contribution in [0.2, 0.25) is 0 Å². The molecule has 0 spiro atoms. The van der Waals surface area contributed by atoms with Crippen molar-refractivity contribution in [1.82, 2.24) is 79.4 Å². The number of likely N-dealkylation sites (N-methyl/N-ethyl adjacent to an activating group) is 1. The van der Waals surface area contributed by atoms with Crippen LogP contribution >= 0.6 is 0 Å². The van der Waals surface area contributed by atoms with Crippen molar-refractivity contribution >= 4 is 71.6 Å². The number of piperazine rings is 1. The summed E-state index contributed by atoms with van der Waals surface area (Å²) in [4.78, 5) is 156. The number of hydrogen-bond donors (Lipinski definition) is 12. The molecule has 3 aromatic heterocycles. The molecule has 5 heterocycles. The summed E-state index contributed by atoms with van der Waals surface area (Å²) in [6, 6.07) is 3.95. The Labute approximate surface area is 616 Å². The van der Waals surface area contributed by atoms with Crippen LogP contribution in [0.1, 0.15) is 138 Å². The molecule has 12 N–H and O–H groups in total. The quantitative estimate of drug-likeness (QED) is 0.0282. The summed E-state index contributed by atoms with van der Waals surface area (Å²) < 4.78 is 3.15. The minimum Gasteiger partial charge on any atom is -0.481 e. The Morgan fingerprint density at radius 1 is 0.509 bits per heavy atom. The van der Waals surface area contributed by atoms with Gasteiger partial charge >= 0.3 is 53.8 Å². The van der Waals surface area contributed by atoms with Crippen LogP contribution in [0.4, 0.5) is 16.7 Å². The van der Waals surface area contributed by atoms with Gasteiger partial charge in [-0.25, -0.2) is 24.4 Å². The van der Waals surface area contributed by atoms with Gasteiger partial charge in [0.25, 0.3) is 0 Å². The molecule has 4 aromatic rings. The molecule has 3 amide bonds. The topological polar surface area (TPSA) is 478 Å². The van der Waals surface area contributed by atoms with Crippen LogP contribution in [0.15, 0.2) is 49.1 Å². The number of carboxylic acids is 8. The standard InChI is InChI=1S/C70H108N18O18/c1-80-31-32-82(46-61(92)93)33-34-83(47-62(94)95)37-40-86(48-63(96)97)53(43-80)41-51-17-19-52(20-18-51)42-56-77-68(74-24-11-8-14-28-84(44-57-71-25-29-87(57)49-64(98)99)45-58-72-26-30-88(58)50-65(100)101)79-69(78-56)85-38-35-81(36-39-85)27-13-7-5-3-2-4-6-9-16-59(89)73-23-12-10-15-54(66(102)103)75-70(106)76-55(67(104)105)21-22-60(90)91/h17-20,25-26,29-30,53-55H,2-16,21-24,27-28,31-50H2,1H3,(H,73,89)(H,90,91)(H,92,93)(H,94,95)(H,96,97)(H,98,99)(H,100,101)(H,102,103)(H,104,105)(H2,75,76,106)(H,74,77,78,79)/t53?,54-,55-/m0/s1. The number of nitrogens with zero attached hydrogens (tertiary/aromatic N) is 14. The summed E-state index contributed by atoms with van der Waals surface area (Å²) in [6.45, 7) is 7.50. The van der Waals surface area contributed by atoms with Crippen LogP contribution in [-0.4, -0.2) is 307 Å². The van der Waals surface area contributed by atoms with Crippen LogP contribution < -0.4 is 26.2 Å². The highest BCUT2D eigenvalue weighted by Gasteiger charge is 2.29. The molecule has 2 fully saturated rings. The van der Waals surface area contributed by atoms with Gasteiger partial charge in [0.05, 0.1) is 32.7 Å². The Morgan fingerprint density at radius 2 is 1.03 bits per heavy atom. The van der Waals surface area contributed by atoms with E-state index in [0.29, 0.717) is 140 Å². The molecule has 0 aliphatic carbocycles. The third-order valence-corrected chi connectivity index (χ3v) is 18.6. The van der Waals surface area contributed by atoms with Gasteiger partial charge in [-0.1, -0.05) is 69.2 Å². The summed E-state index contributed by atoms with van der Waals surface area (Å²) in [7, 11) is 1.93. The van der Waals surface area contributed by atoms with Gasteiger partial charge in [-0.05, 0) is 89.1 Å². The number of aliphatic carboxylic acids is 8. The van der Waals surface area contributed by atoms with Crippen LogP contribution in [0, 0.1) is 0 Å². The minimum atomic E-state index is -1.50. The van der Waals surface area contributed by atoms with E-state index in [2.05, 4.69) is 50.8 Å². The van der Waals surface area contributed by atoms with E-state index in [1.54, 1.807) is 43.7 Å². The fraction of sp³-hybridized carbons (Fsp3) is 0.643. The number of imidazole rings is 2. The molecule has 3 atom stereocenters. The number of anilines is 2. The maximum atomic E-state index is 12.5. The first kappa shape index (κ1) is 85.4. The second-order valence-corrected chi connectivity index (χ2v) is 27.2. The normalized spacial score (nSPS) is 15.9. The molecule has 106 heavy (non-hydrogen) atoms. The van der Waals surface area contributed by atoms with E-state index in [-0.39, 0.29) is 70.6 Å². The van der Waals surface area contributed by atoms with Gasteiger partial charge in [-0.15, -0.1) is 0 Å². The number of carboxylic acid groups (broad SMARTS) is 8. The summed E-state index contributed by atoms with van der Waals surface area (Å²) >= 11 is 0. The maximum absolute atomic E-state index is 12.5. The highest BCUT2D eigenvalue weighted by Crippen LogP contribution is 2.21. The number of unbranched alkanes of at least 4 members (excludes halogenated alkanes) is 10. The average molecular weight is 1490 g/mol. The lowest BCUT2D eigenvalue weighted by Gasteiger charge is -2.37. The van der Waals surface area contributed by atoms with Crippen molar-refractivity contribution in [3.63, 3.8) is 0 Å². The van der Waals surface area contributed by atoms with Crippen LogP contribution in [-0.2, 0) is 82.2 Å². The second kappa shape index (κ2) is 46.5. The number of urea groups is 1. The Morgan fingerprint density at radius 3 is 1.60 bits per heavy atom. The molecule has 1 unspecified atom stereocenters. The van der Waals surface area contributed by atoms with E-state index in [0.717, 1.165) is 101 Å². The highest BCUT2D eigenvalue weighted by molar-refractivity contribution is 5.86. The number of amides is 3. The van der Waals surface area contributed by atoms with Crippen molar-refractivity contribution in [3.05, 3.63) is 77.7 Å². The molecule has 0 radical (unpaired) electrons. The predicted octanol–water partition coefficient (Wildman–Crippen LogP) is 2.32. The summed E-state index contributed by atoms with van der Waals surface area (Å²) in [5.74, 6) is -6.43. The Balaban J connectivity index is 0.999. The predicted molar refractivity (Wildman–Crippen MR) is 386 cm³/mol. The first-order valence-corrected chi connectivity index (χ1v) is 36.6. The van der Waals surface area contributed by atoms with Crippen molar-refractivity contribution in [2.75, 3.05) is 135 Å². The van der Waals surface area contributed by atoms with E-state index in [4.69, 9.17) is 20.1 Å². The number of hydrogen-bond acceptors (Lipinski definition) is 23. The molecule has 586 valence electrons. The lowest BCUT2D eigenvalue weighted by atomic mass is 10.0. The number of carbonyl (C=O) groups excluding carboxylic acids is 2. The lowest BCUT2D eigenvalue weighted by Crippen LogP contribution is -2.52. The molecule has 0 bridgehead atoms. The monoisotopic (exact) mass is 1490 g/mol. The van der Waals surface area contributed by atoms with Crippen LogP contribution in [0.5, 0.6) is 0 Å². The zero-order chi connectivity index (χ0) is 76.8. The number of nitrogens with one attached hydrogen (secondary N) is 4. The van der Waals surface area contributed by atoms with Crippen LogP contribution in [0.3, 0.4) is 0 Å².